The van der Waals surface area contributed by atoms with Gasteiger partial charge in [-0.3, -0.25) is 9.69 Å². The molecule has 0 unspecified atom stereocenters. The molecule has 1 amide bonds. The maximum absolute atomic E-state index is 12.9. The number of aromatic nitrogens is 1. The number of hydrogen-bond donors (Lipinski definition) is 0. The van der Waals surface area contributed by atoms with E-state index in [9.17, 15) is 4.79 Å². The number of amides is 1. The maximum atomic E-state index is 12.9. The van der Waals surface area contributed by atoms with E-state index in [1.165, 1.54) is 16.9 Å². The van der Waals surface area contributed by atoms with Crippen LogP contribution in [-0.2, 0) is 13.2 Å². The number of carbonyl (C=O) groups excluding carboxylic acids is 1. The summed E-state index contributed by atoms with van der Waals surface area (Å²) in [5, 5.41) is 3.26. The van der Waals surface area contributed by atoms with Crippen LogP contribution in [0.3, 0.4) is 0 Å². The largest absolute Gasteiger partial charge is 0.494 e. The van der Waals surface area contributed by atoms with Gasteiger partial charge in [0.25, 0.3) is 5.91 Å². The molecular formula is C24H26ClN3O3S. The van der Waals surface area contributed by atoms with Crippen LogP contribution in [0.5, 0.6) is 11.5 Å². The Hall–Kier alpha value is -2.61. The first-order valence-electron chi connectivity index (χ1n) is 10.7. The van der Waals surface area contributed by atoms with E-state index in [0.29, 0.717) is 37.0 Å². The van der Waals surface area contributed by atoms with Gasteiger partial charge in [-0.15, -0.1) is 11.3 Å². The van der Waals surface area contributed by atoms with Crippen molar-refractivity contribution in [1.29, 1.82) is 0 Å². The first-order chi connectivity index (χ1) is 15.6. The molecule has 0 N–H and O–H groups in total. The smallest absolute Gasteiger partial charge is 0.273 e. The topological polar surface area (TPSA) is 54.9 Å². The van der Waals surface area contributed by atoms with Gasteiger partial charge in [0.15, 0.2) is 0 Å². The number of carbonyl (C=O) groups is 1. The fourth-order valence-corrected chi connectivity index (χ4v) is 4.34. The summed E-state index contributed by atoms with van der Waals surface area (Å²) in [6.07, 6.45) is 0. The van der Waals surface area contributed by atoms with Crippen molar-refractivity contribution in [2.75, 3.05) is 32.8 Å². The van der Waals surface area contributed by atoms with Crippen molar-refractivity contribution in [3.8, 4) is 11.5 Å². The molecule has 0 spiro atoms. The third kappa shape index (κ3) is 6.00. The molecule has 1 aromatic heterocycles. The van der Waals surface area contributed by atoms with Crippen molar-refractivity contribution in [1.82, 2.24) is 14.8 Å². The zero-order chi connectivity index (χ0) is 22.3. The summed E-state index contributed by atoms with van der Waals surface area (Å²) in [6.45, 7) is 6.94. The monoisotopic (exact) mass is 471 g/mol. The van der Waals surface area contributed by atoms with Crippen molar-refractivity contribution in [2.45, 2.75) is 20.1 Å². The Labute approximate surface area is 197 Å². The van der Waals surface area contributed by atoms with Gasteiger partial charge in [-0.25, -0.2) is 4.98 Å². The summed E-state index contributed by atoms with van der Waals surface area (Å²) in [4.78, 5) is 21.6. The van der Waals surface area contributed by atoms with Crippen LogP contribution in [0.15, 0.2) is 53.9 Å². The lowest BCUT2D eigenvalue weighted by molar-refractivity contribution is 0.0623. The first kappa shape index (κ1) is 22.6. The number of benzene rings is 2. The van der Waals surface area contributed by atoms with Gasteiger partial charge in [0.1, 0.15) is 28.8 Å². The lowest BCUT2D eigenvalue weighted by Crippen LogP contribution is -2.48. The molecule has 8 heteroatoms. The van der Waals surface area contributed by atoms with E-state index in [-0.39, 0.29) is 5.91 Å². The molecule has 4 rings (SSSR count). The van der Waals surface area contributed by atoms with Crippen LogP contribution in [0.2, 0.25) is 5.02 Å². The highest BCUT2D eigenvalue weighted by molar-refractivity contribution is 7.09. The second-order valence-electron chi connectivity index (χ2n) is 7.51. The molecule has 1 aliphatic heterocycles. The Morgan fingerprint density at radius 1 is 1.00 bits per heavy atom. The van der Waals surface area contributed by atoms with Gasteiger partial charge in [0.2, 0.25) is 0 Å². The lowest BCUT2D eigenvalue weighted by Gasteiger charge is -2.34. The Bertz CT molecular complexity index is 1020. The SMILES string of the molecule is CCOc1ccc(CN2CCN(C(=O)c3csc(COc4ccc(Cl)cc4)n3)CC2)cc1. The van der Waals surface area contributed by atoms with Crippen molar-refractivity contribution in [2.24, 2.45) is 0 Å². The van der Waals surface area contributed by atoms with E-state index in [4.69, 9.17) is 21.1 Å². The summed E-state index contributed by atoms with van der Waals surface area (Å²) in [5.41, 5.74) is 1.74. The molecule has 2 aromatic carbocycles. The molecule has 0 saturated carbocycles. The zero-order valence-corrected chi connectivity index (χ0v) is 19.6. The van der Waals surface area contributed by atoms with Crippen LogP contribution in [0, 0.1) is 0 Å². The summed E-state index contributed by atoms with van der Waals surface area (Å²) in [5.74, 6) is 1.61. The Morgan fingerprint density at radius 2 is 1.66 bits per heavy atom. The summed E-state index contributed by atoms with van der Waals surface area (Å²) in [7, 11) is 0. The number of piperazine rings is 1. The van der Waals surface area contributed by atoms with Gasteiger partial charge in [-0.05, 0) is 48.9 Å². The third-order valence-corrected chi connectivity index (χ3v) is 6.32. The molecule has 0 atom stereocenters. The molecule has 6 nitrogen and oxygen atoms in total. The van der Waals surface area contributed by atoms with Crippen molar-refractivity contribution in [3.05, 3.63) is 75.2 Å². The van der Waals surface area contributed by atoms with E-state index in [1.54, 1.807) is 12.1 Å². The molecule has 1 saturated heterocycles. The molecule has 0 aliphatic carbocycles. The Balaban J connectivity index is 1.24. The molecule has 0 radical (unpaired) electrons. The summed E-state index contributed by atoms with van der Waals surface area (Å²) in [6, 6.07) is 15.4. The average molecular weight is 472 g/mol. The minimum atomic E-state index is -0.0142. The van der Waals surface area contributed by atoms with E-state index >= 15 is 0 Å². The van der Waals surface area contributed by atoms with Gasteiger partial charge in [-0.1, -0.05) is 23.7 Å². The third-order valence-electron chi connectivity index (χ3n) is 5.25. The van der Waals surface area contributed by atoms with Crippen LogP contribution >= 0.6 is 22.9 Å². The van der Waals surface area contributed by atoms with E-state index in [2.05, 4.69) is 22.0 Å². The van der Waals surface area contributed by atoms with Crippen molar-refractivity contribution >= 4 is 28.8 Å². The van der Waals surface area contributed by atoms with Crippen molar-refractivity contribution in [3.63, 3.8) is 0 Å². The fourth-order valence-electron chi connectivity index (χ4n) is 3.54. The van der Waals surface area contributed by atoms with Gasteiger partial charge in [-0.2, -0.15) is 0 Å². The van der Waals surface area contributed by atoms with Crippen LogP contribution in [0.1, 0.15) is 28.0 Å². The molecule has 32 heavy (non-hydrogen) atoms. The average Bonchev–Trinajstić information content (AvgIpc) is 3.29. The predicted octanol–water partition coefficient (Wildman–Crippen LogP) is 4.73. The molecule has 1 aliphatic rings. The van der Waals surface area contributed by atoms with Gasteiger partial charge >= 0.3 is 0 Å². The van der Waals surface area contributed by atoms with Crippen LogP contribution < -0.4 is 9.47 Å². The summed E-state index contributed by atoms with van der Waals surface area (Å²) >= 11 is 7.33. The van der Waals surface area contributed by atoms with Crippen LogP contribution in [0.4, 0.5) is 0 Å². The standard InChI is InChI=1S/C24H26ClN3O3S/c1-2-30-20-7-3-18(4-8-20)15-27-11-13-28(14-12-27)24(29)22-17-32-23(26-22)16-31-21-9-5-19(25)6-10-21/h3-10,17H,2,11-16H2,1H3. The van der Waals surface area contributed by atoms with Gasteiger partial charge in [0.05, 0.1) is 6.61 Å². The zero-order valence-electron chi connectivity index (χ0n) is 18.0. The normalized spacial score (nSPS) is 14.4. The maximum Gasteiger partial charge on any atom is 0.273 e. The number of hydrogen-bond acceptors (Lipinski definition) is 6. The van der Waals surface area contributed by atoms with Gasteiger partial charge in [0, 0.05) is 43.1 Å². The number of ether oxygens (including phenoxy) is 2. The second kappa shape index (κ2) is 10.8. The number of thiazole rings is 1. The quantitative estimate of drug-likeness (QED) is 0.475. The Morgan fingerprint density at radius 3 is 2.34 bits per heavy atom. The van der Waals surface area contributed by atoms with Gasteiger partial charge < -0.3 is 14.4 Å². The second-order valence-corrected chi connectivity index (χ2v) is 8.89. The molecule has 168 valence electrons. The summed E-state index contributed by atoms with van der Waals surface area (Å²) < 4.78 is 11.2. The highest BCUT2D eigenvalue weighted by atomic mass is 35.5. The lowest BCUT2D eigenvalue weighted by atomic mass is 10.2. The molecule has 1 fully saturated rings. The number of rotatable bonds is 8. The van der Waals surface area contributed by atoms with E-state index < -0.39 is 0 Å². The minimum Gasteiger partial charge on any atom is -0.494 e. The first-order valence-corrected chi connectivity index (χ1v) is 11.9. The molecule has 0 bridgehead atoms. The molecule has 2 heterocycles. The van der Waals surface area contributed by atoms with E-state index in [1.807, 2.05) is 41.5 Å². The predicted molar refractivity (Wildman–Crippen MR) is 127 cm³/mol. The molecular weight excluding hydrogens is 446 g/mol. The number of nitrogens with zero attached hydrogens (tertiary/aromatic N) is 3. The van der Waals surface area contributed by atoms with Crippen molar-refractivity contribution < 1.29 is 14.3 Å². The van der Waals surface area contributed by atoms with Crippen LogP contribution in [-0.4, -0.2) is 53.5 Å². The fraction of sp³-hybridized carbons (Fsp3) is 0.333. The Kier molecular flexibility index (Phi) is 7.63. The molecule has 3 aromatic rings. The minimum absolute atomic E-state index is 0.0142. The number of halogens is 1. The highest BCUT2D eigenvalue weighted by Crippen LogP contribution is 2.20. The van der Waals surface area contributed by atoms with Crippen LogP contribution in [0.25, 0.3) is 0 Å². The highest BCUT2D eigenvalue weighted by Gasteiger charge is 2.24. The van der Waals surface area contributed by atoms with E-state index in [0.717, 1.165) is 36.1 Å².